The second-order valence-corrected chi connectivity index (χ2v) is 7.82. The van der Waals surface area contributed by atoms with Gasteiger partial charge in [-0.2, -0.15) is 0 Å². The fourth-order valence-corrected chi connectivity index (χ4v) is 5.04. The smallest absolute Gasteiger partial charge is 0.181 e. The molecule has 2 N–H and O–H groups in total. The molecule has 1 fully saturated rings. The van der Waals surface area contributed by atoms with Crippen LogP contribution in [0.15, 0.2) is 23.1 Å². The first-order valence-electron chi connectivity index (χ1n) is 7.05. The van der Waals surface area contributed by atoms with Gasteiger partial charge in [0.1, 0.15) is 0 Å². The highest BCUT2D eigenvalue weighted by molar-refractivity contribution is 7.92. The maximum Gasteiger partial charge on any atom is 0.181 e. The minimum absolute atomic E-state index is 0.211. The Morgan fingerprint density at radius 1 is 1.21 bits per heavy atom. The van der Waals surface area contributed by atoms with E-state index >= 15 is 0 Å². The maximum absolute atomic E-state index is 12.7. The van der Waals surface area contributed by atoms with Crippen molar-refractivity contribution in [2.45, 2.75) is 56.1 Å². The fourth-order valence-electron chi connectivity index (χ4n) is 3.02. The summed E-state index contributed by atoms with van der Waals surface area (Å²) in [6.07, 6.45) is 4.83. The van der Waals surface area contributed by atoms with Gasteiger partial charge in [-0.1, -0.05) is 13.3 Å². The maximum atomic E-state index is 12.7. The number of benzene rings is 1. The van der Waals surface area contributed by atoms with E-state index in [0.29, 0.717) is 16.5 Å². The Labute approximate surface area is 116 Å². The first-order valence-corrected chi connectivity index (χ1v) is 8.59. The fraction of sp³-hybridized carbons (Fsp3) is 0.600. The standard InChI is InChI=1S/C15H23NO2S/c1-3-12-4-7-14(8-5-12)19(17,18)15-9-6-13(16)10-11(15)2/h6,9-10,12,14H,3-5,7-8,16H2,1-2H3. The molecular formula is C15H23NO2S. The zero-order valence-corrected chi connectivity index (χ0v) is 12.5. The summed E-state index contributed by atoms with van der Waals surface area (Å²) in [6, 6.07) is 5.08. The van der Waals surface area contributed by atoms with Crippen LogP contribution < -0.4 is 5.73 Å². The van der Waals surface area contributed by atoms with E-state index in [0.717, 1.165) is 37.7 Å². The topological polar surface area (TPSA) is 60.2 Å². The Morgan fingerprint density at radius 3 is 2.37 bits per heavy atom. The van der Waals surface area contributed by atoms with Crippen molar-refractivity contribution in [3.05, 3.63) is 23.8 Å². The molecule has 0 radical (unpaired) electrons. The quantitative estimate of drug-likeness (QED) is 0.865. The average Bonchev–Trinajstić information content (AvgIpc) is 2.38. The van der Waals surface area contributed by atoms with Crippen molar-refractivity contribution in [3.63, 3.8) is 0 Å². The Morgan fingerprint density at radius 2 is 1.84 bits per heavy atom. The first-order chi connectivity index (χ1) is 8.95. The second-order valence-electron chi connectivity index (χ2n) is 5.62. The zero-order chi connectivity index (χ0) is 14.0. The number of anilines is 1. The van der Waals surface area contributed by atoms with Gasteiger partial charge >= 0.3 is 0 Å². The summed E-state index contributed by atoms with van der Waals surface area (Å²) in [7, 11) is -3.20. The molecule has 3 nitrogen and oxygen atoms in total. The number of nitrogen functional groups attached to an aromatic ring is 1. The van der Waals surface area contributed by atoms with Crippen molar-refractivity contribution >= 4 is 15.5 Å². The van der Waals surface area contributed by atoms with Gasteiger partial charge in [0.05, 0.1) is 10.1 Å². The summed E-state index contributed by atoms with van der Waals surface area (Å²) in [5, 5.41) is -0.211. The predicted octanol–water partition coefficient (Wildman–Crippen LogP) is 3.32. The van der Waals surface area contributed by atoms with Crippen LogP contribution in [-0.2, 0) is 9.84 Å². The summed E-state index contributed by atoms with van der Waals surface area (Å²) in [5.74, 6) is 0.707. The van der Waals surface area contributed by atoms with Crippen molar-refractivity contribution < 1.29 is 8.42 Å². The molecule has 0 saturated heterocycles. The normalized spacial score (nSPS) is 24.3. The third-order valence-corrected chi connectivity index (χ3v) is 6.74. The summed E-state index contributed by atoms with van der Waals surface area (Å²) in [5.41, 5.74) is 7.07. The van der Waals surface area contributed by atoms with Crippen LogP contribution in [0.3, 0.4) is 0 Å². The predicted molar refractivity (Wildman–Crippen MR) is 78.8 cm³/mol. The van der Waals surface area contributed by atoms with E-state index in [1.165, 1.54) is 0 Å². The molecule has 1 aromatic carbocycles. The number of nitrogens with two attached hydrogens (primary N) is 1. The molecule has 106 valence electrons. The van der Waals surface area contributed by atoms with Gasteiger partial charge < -0.3 is 5.73 Å². The van der Waals surface area contributed by atoms with Gasteiger partial charge in [-0.25, -0.2) is 8.42 Å². The third kappa shape index (κ3) is 2.94. The molecule has 0 aromatic heterocycles. The lowest BCUT2D eigenvalue weighted by molar-refractivity contribution is 0.348. The molecule has 2 rings (SSSR count). The van der Waals surface area contributed by atoms with Crippen molar-refractivity contribution in [2.75, 3.05) is 5.73 Å². The van der Waals surface area contributed by atoms with Crippen LogP contribution in [0.25, 0.3) is 0 Å². The molecule has 1 aliphatic rings. The third-order valence-electron chi connectivity index (χ3n) is 4.32. The van der Waals surface area contributed by atoms with E-state index in [9.17, 15) is 8.42 Å². The number of hydrogen-bond acceptors (Lipinski definition) is 3. The van der Waals surface area contributed by atoms with Crippen LogP contribution in [0.5, 0.6) is 0 Å². The lowest BCUT2D eigenvalue weighted by atomic mass is 9.87. The van der Waals surface area contributed by atoms with E-state index in [4.69, 9.17) is 5.73 Å². The lowest BCUT2D eigenvalue weighted by Crippen LogP contribution is -2.27. The van der Waals surface area contributed by atoms with Gasteiger partial charge in [0, 0.05) is 5.69 Å². The van der Waals surface area contributed by atoms with E-state index in [1.54, 1.807) is 18.2 Å². The molecule has 0 unspecified atom stereocenters. The molecule has 1 saturated carbocycles. The van der Waals surface area contributed by atoms with Crippen LogP contribution in [0.4, 0.5) is 5.69 Å². The van der Waals surface area contributed by atoms with Crippen LogP contribution in [0.1, 0.15) is 44.6 Å². The summed E-state index contributed by atoms with van der Waals surface area (Å²) >= 11 is 0. The second kappa shape index (κ2) is 5.53. The van der Waals surface area contributed by atoms with Crippen molar-refractivity contribution in [1.29, 1.82) is 0 Å². The van der Waals surface area contributed by atoms with Gasteiger partial charge in [0.2, 0.25) is 0 Å². The molecule has 1 aromatic rings. The van der Waals surface area contributed by atoms with Crippen molar-refractivity contribution in [2.24, 2.45) is 5.92 Å². The molecule has 0 spiro atoms. The van der Waals surface area contributed by atoms with Crippen LogP contribution in [-0.4, -0.2) is 13.7 Å². The highest BCUT2D eigenvalue weighted by Gasteiger charge is 2.32. The highest BCUT2D eigenvalue weighted by atomic mass is 32.2. The largest absolute Gasteiger partial charge is 0.399 e. The average molecular weight is 281 g/mol. The molecular weight excluding hydrogens is 258 g/mol. The molecule has 1 aliphatic carbocycles. The SMILES string of the molecule is CCC1CCC(S(=O)(=O)c2ccc(N)cc2C)CC1. The van der Waals surface area contributed by atoms with E-state index < -0.39 is 9.84 Å². The first kappa shape index (κ1) is 14.4. The van der Waals surface area contributed by atoms with Crippen LogP contribution in [0, 0.1) is 12.8 Å². The Hall–Kier alpha value is -1.03. The van der Waals surface area contributed by atoms with Gasteiger partial charge in [0.25, 0.3) is 0 Å². The summed E-state index contributed by atoms with van der Waals surface area (Å²) < 4.78 is 25.3. The van der Waals surface area contributed by atoms with Gasteiger partial charge in [-0.05, 0) is 62.3 Å². The van der Waals surface area contributed by atoms with E-state index in [2.05, 4.69) is 6.92 Å². The molecule has 0 aliphatic heterocycles. The lowest BCUT2D eigenvalue weighted by Gasteiger charge is -2.28. The number of aryl methyl sites for hydroxylation is 1. The Kier molecular flexibility index (Phi) is 4.19. The van der Waals surface area contributed by atoms with Gasteiger partial charge in [0.15, 0.2) is 9.84 Å². The minimum atomic E-state index is -3.20. The van der Waals surface area contributed by atoms with E-state index in [-0.39, 0.29) is 5.25 Å². The number of sulfone groups is 1. The van der Waals surface area contributed by atoms with Crippen LogP contribution >= 0.6 is 0 Å². The molecule has 19 heavy (non-hydrogen) atoms. The monoisotopic (exact) mass is 281 g/mol. The van der Waals surface area contributed by atoms with Gasteiger partial charge in [-0.3, -0.25) is 0 Å². The zero-order valence-electron chi connectivity index (χ0n) is 11.7. The van der Waals surface area contributed by atoms with Crippen LogP contribution in [0.2, 0.25) is 0 Å². The number of rotatable bonds is 3. The molecule has 4 heteroatoms. The highest BCUT2D eigenvalue weighted by Crippen LogP contribution is 2.34. The van der Waals surface area contributed by atoms with Crippen molar-refractivity contribution in [1.82, 2.24) is 0 Å². The van der Waals surface area contributed by atoms with Crippen molar-refractivity contribution in [3.8, 4) is 0 Å². The van der Waals surface area contributed by atoms with Gasteiger partial charge in [-0.15, -0.1) is 0 Å². The summed E-state index contributed by atoms with van der Waals surface area (Å²) in [4.78, 5) is 0.460. The summed E-state index contributed by atoms with van der Waals surface area (Å²) in [6.45, 7) is 4.00. The Balaban J connectivity index is 2.23. The molecule has 0 heterocycles. The number of hydrogen-bond donors (Lipinski definition) is 1. The molecule has 0 atom stereocenters. The molecule has 0 amide bonds. The Bertz CT molecular complexity index is 543. The molecule has 0 bridgehead atoms. The van der Waals surface area contributed by atoms with E-state index in [1.807, 2.05) is 6.92 Å². The minimum Gasteiger partial charge on any atom is -0.399 e.